The van der Waals surface area contributed by atoms with Gasteiger partial charge in [-0.15, -0.1) is 0 Å². The Kier molecular flexibility index (Phi) is 4.74. The normalized spacial score (nSPS) is 22.2. The molecule has 1 fully saturated rings. The Balaban J connectivity index is 2.19. The predicted molar refractivity (Wildman–Crippen MR) is 57.7 cm³/mol. The Morgan fingerprint density at radius 2 is 2.40 bits per heavy atom. The van der Waals surface area contributed by atoms with Crippen LogP contribution in [0.15, 0.2) is 0 Å². The van der Waals surface area contributed by atoms with E-state index >= 15 is 0 Å². The Bertz CT molecular complexity index is 281. The van der Waals surface area contributed by atoms with Crippen molar-refractivity contribution >= 4 is 22.6 Å². The fourth-order valence-electron chi connectivity index (χ4n) is 1.37. The molecule has 2 atom stereocenters. The Labute approximate surface area is 91.4 Å². The minimum absolute atomic E-state index is 0.0766. The Morgan fingerprint density at radius 3 is 2.93 bits per heavy atom. The molecule has 0 saturated carbocycles. The van der Waals surface area contributed by atoms with E-state index in [1.165, 1.54) is 0 Å². The van der Waals surface area contributed by atoms with E-state index in [1.54, 1.807) is 0 Å². The summed E-state index contributed by atoms with van der Waals surface area (Å²) >= 11 is 0. The van der Waals surface area contributed by atoms with Crippen molar-refractivity contribution in [2.24, 2.45) is 5.92 Å². The van der Waals surface area contributed by atoms with Crippen molar-refractivity contribution in [1.82, 2.24) is 10.6 Å². The summed E-state index contributed by atoms with van der Waals surface area (Å²) in [6, 6.07) is 0. The van der Waals surface area contributed by atoms with Crippen LogP contribution in [0, 0.1) is 5.92 Å². The van der Waals surface area contributed by atoms with Crippen LogP contribution in [-0.4, -0.2) is 40.6 Å². The van der Waals surface area contributed by atoms with Gasteiger partial charge in [0.05, 0.1) is 5.92 Å². The van der Waals surface area contributed by atoms with Crippen molar-refractivity contribution in [3.63, 3.8) is 0 Å². The molecule has 2 amide bonds. The molecule has 2 unspecified atom stereocenters. The SMILES string of the molecule is CCS(=O)CCNC(=O)C1CNC(=O)C1. The number of hydrogen-bond donors (Lipinski definition) is 2. The van der Waals surface area contributed by atoms with Gasteiger partial charge in [-0.1, -0.05) is 6.92 Å². The van der Waals surface area contributed by atoms with Crippen LogP contribution >= 0.6 is 0 Å². The molecular weight excluding hydrogens is 216 g/mol. The fraction of sp³-hybridized carbons (Fsp3) is 0.778. The van der Waals surface area contributed by atoms with Crippen LogP contribution in [0.3, 0.4) is 0 Å². The zero-order valence-corrected chi connectivity index (χ0v) is 9.56. The Hall–Kier alpha value is -0.910. The highest BCUT2D eigenvalue weighted by Gasteiger charge is 2.27. The smallest absolute Gasteiger partial charge is 0.225 e. The van der Waals surface area contributed by atoms with Crippen LogP contribution in [0.2, 0.25) is 0 Å². The van der Waals surface area contributed by atoms with Gasteiger partial charge >= 0.3 is 0 Å². The first-order valence-corrected chi connectivity index (χ1v) is 6.51. The second-order valence-corrected chi connectivity index (χ2v) is 5.29. The molecule has 0 aliphatic carbocycles. The summed E-state index contributed by atoms with van der Waals surface area (Å²) in [6.07, 6.45) is 0.267. The molecule has 0 radical (unpaired) electrons. The van der Waals surface area contributed by atoms with Crippen LogP contribution in [-0.2, 0) is 20.4 Å². The van der Waals surface area contributed by atoms with E-state index in [1.807, 2.05) is 6.92 Å². The molecule has 1 saturated heterocycles. The predicted octanol–water partition coefficient (Wildman–Crippen LogP) is -0.993. The molecule has 15 heavy (non-hydrogen) atoms. The average Bonchev–Trinajstić information content (AvgIpc) is 2.64. The summed E-state index contributed by atoms with van der Waals surface area (Å²) in [5, 5.41) is 5.29. The van der Waals surface area contributed by atoms with E-state index in [4.69, 9.17) is 0 Å². The maximum Gasteiger partial charge on any atom is 0.225 e. The lowest BCUT2D eigenvalue weighted by molar-refractivity contribution is -0.126. The molecule has 0 aromatic carbocycles. The van der Waals surface area contributed by atoms with Gasteiger partial charge in [-0.3, -0.25) is 13.8 Å². The summed E-state index contributed by atoms with van der Waals surface area (Å²) in [4.78, 5) is 22.3. The number of carbonyl (C=O) groups excluding carboxylic acids is 2. The van der Waals surface area contributed by atoms with Gasteiger partial charge in [0.1, 0.15) is 0 Å². The summed E-state index contributed by atoms with van der Waals surface area (Å²) < 4.78 is 11.1. The summed E-state index contributed by atoms with van der Waals surface area (Å²) in [7, 11) is -0.849. The minimum Gasteiger partial charge on any atom is -0.355 e. The van der Waals surface area contributed by atoms with Crippen LogP contribution in [0.1, 0.15) is 13.3 Å². The van der Waals surface area contributed by atoms with Crippen molar-refractivity contribution in [2.75, 3.05) is 24.6 Å². The molecule has 2 N–H and O–H groups in total. The first-order chi connectivity index (χ1) is 7.13. The lowest BCUT2D eigenvalue weighted by Gasteiger charge is -2.08. The zero-order chi connectivity index (χ0) is 11.3. The topological polar surface area (TPSA) is 75.3 Å². The number of carbonyl (C=O) groups is 2. The van der Waals surface area contributed by atoms with Gasteiger partial charge in [0.25, 0.3) is 0 Å². The molecule has 1 aliphatic heterocycles. The standard InChI is InChI=1S/C9H16N2O3S/c1-2-15(14)4-3-10-9(13)7-5-8(12)11-6-7/h7H,2-6H2,1H3,(H,10,13)(H,11,12). The van der Waals surface area contributed by atoms with Gasteiger partial charge in [-0.05, 0) is 0 Å². The molecule has 0 spiro atoms. The quantitative estimate of drug-likeness (QED) is 0.639. The van der Waals surface area contributed by atoms with Crippen LogP contribution in [0.4, 0.5) is 0 Å². The number of nitrogens with one attached hydrogen (secondary N) is 2. The first kappa shape index (κ1) is 12.2. The second-order valence-electron chi connectivity index (χ2n) is 3.43. The van der Waals surface area contributed by atoms with Gasteiger partial charge in [0.2, 0.25) is 11.8 Å². The van der Waals surface area contributed by atoms with E-state index in [0.717, 1.165) is 0 Å². The summed E-state index contributed by atoms with van der Waals surface area (Å²) in [5.74, 6) is 0.636. The maximum absolute atomic E-state index is 11.5. The lowest BCUT2D eigenvalue weighted by atomic mass is 10.1. The molecule has 6 heteroatoms. The third-order valence-electron chi connectivity index (χ3n) is 2.30. The largest absolute Gasteiger partial charge is 0.355 e. The minimum atomic E-state index is -0.849. The van der Waals surface area contributed by atoms with Crippen molar-refractivity contribution in [3.8, 4) is 0 Å². The van der Waals surface area contributed by atoms with E-state index < -0.39 is 10.8 Å². The first-order valence-electron chi connectivity index (χ1n) is 5.03. The molecule has 0 aromatic rings. The molecule has 1 rings (SSSR count). The fourth-order valence-corrected chi connectivity index (χ4v) is 1.99. The molecule has 5 nitrogen and oxygen atoms in total. The van der Waals surface area contributed by atoms with Gasteiger partial charge in [-0.25, -0.2) is 0 Å². The van der Waals surface area contributed by atoms with E-state index in [-0.39, 0.29) is 24.2 Å². The maximum atomic E-state index is 11.5. The van der Waals surface area contributed by atoms with Crippen LogP contribution in [0.5, 0.6) is 0 Å². The molecule has 1 aliphatic rings. The summed E-state index contributed by atoms with van der Waals surface area (Å²) in [5.41, 5.74) is 0. The Morgan fingerprint density at radius 1 is 1.67 bits per heavy atom. The monoisotopic (exact) mass is 232 g/mol. The van der Waals surface area contributed by atoms with Gasteiger partial charge in [0.15, 0.2) is 0 Å². The third-order valence-corrected chi connectivity index (χ3v) is 3.60. The number of amides is 2. The molecular formula is C9H16N2O3S. The van der Waals surface area contributed by atoms with E-state index in [9.17, 15) is 13.8 Å². The van der Waals surface area contributed by atoms with E-state index in [0.29, 0.717) is 24.6 Å². The highest BCUT2D eigenvalue weighted by atomic mass is 32.2. The molecule has 0 bridgehead atoms. The lowest BCUT2D eigenvalue weighted by Crippen LogP contribution is -2.34. The second kappa shape index (κ2) is 5.85. The van der Waals surface area contributed by atoms with Gasteiger partial charge < -0.3 is 10.6 Å². The third kappa shape index (κ3) is 3.99. The van der Waals surface area contributed by atoms with Gasteiger partial charge in [0, 0.05) is 41.8 Å². The number of rotatable bonds is 5. The molecule has 1 heterocycles. The van der Waals surface area contributed by atoms with Crippen molar-refractivity contribution in [1.29, 1.82) is 0 Å². The zero-order valence-electron chi connectivity index (χ0n) is 8.75. The highest BCUT2D eigenvalue weighted by molar-refractivity contribution is 7.84. The number of hydrogen-bond acceptors (Lipinski definition) is 3. The van der Waals surface area contributed by atoms with Crippen LogP contribution in [0.25, 0.3) is 0 Å². The average molecular weight is 232 g/mol. The van der Waals surface area contributed by atoms with Gasteiger partial charge in [-0.2, -0.15) is 0 Å². The van der Waals surface area contributed by atoms with Crippen molar-refractivity contribution in [3.05, 3.63) is 0 Å². The van der Waals surface area contributed by atoms with Crippen LogP contribution < -0.4 is 10.6 Å². The molecule has 86 valence electrons. The highest BCUT2D eigenvalue weighted by Crippen LogP contribution is 2.08. The molecule has 0 aromatic heterocycles. The summed E-state index contributed by atoms with van der Waals surface area (Å²) in [6.45, 7) is 2.68. The van der Waals surface area contributed by atoms with Crippen molar-refractivity contribution < 1.29 is 13.8 Å². The van der Waals surface area contributed by atoms with E-state index in [2.05, 4.69) is 10.6 Å². The van der Waals surface area contributed by atoms with Crippen molar-refractivity contribution in [2.45, 2.75) is 13.3 Å².